The smallest absolute Gasteiger partial charge is 0.230 e. The molecule has 0 saturated heterocycles. The molecule has 0 bridgehead atoms. The van der Waals surface area contributed by atoms with Crippen molar-refractivity contribution < 1.29 is 4.79 Å². The zero-order valence-electron chi connectivity index (χ0n) is 19.8. The normalized spacial score (nSPS) is 11.2. The number of rotatable bonds is 7. The maximum atomic E-state index is 12.5. The molecule has 8 nitrogen and oxygen atoms in total. The lowest BCUT2D eigenvalue weighted by Gasteiger charge is -2.12. The molecule has 9 heteroatoms. The topological polar surface area (TPSA) is 90.5 Å². The first kappa shape index (κ1) is 22.8. The maximum absolute atomic E-state index is 12.5. The number of nitrogens with one attached hydrogen (secondary N) is 1. The van der Waals surface area contributed by atoms with Gasteiger partial charge in [-0.2, -0.15) is 0 Å². The second-order valence-corrected chi connectivity index (χ2v) is 9.29. The Balaban J connectivity index is 1.20. The van der Waals surface area contributed by atoms with Crippen molar-refractivity contribution in [3.05, 3.63) is 89.6 Å². The number of thioether (sulfide) groups is 1. The number of benzene rings is 2. The maximum Gasteiger partial charge on any atom is 0.230 e. The molecule has 5 aromatic rings. The van der Waals surface area contributed by atoms with Gasteiger partial charge in [0.2, 0.25) is 5.91 Å². The molecule has 2 aromatic carbocycles. The summed E-state index contributed by atoms with van der Waals surface area (Å²) in [6.07, 6.45) is 3.54. The number of fused-ring (bicyclic) bond motifs is 1. The van der Waals surface area contributed by atoms with E-state index in [1.54, 1.807) is 12.5 Å². The molecule has 3 aromatic heterocycles. The van der Waals surface area contributed by atoms with Gasteiger partial charge in [0.15, 0.2) is 5.16 Å². The molecule has 3 heterocycles. The summed E-state index contributed by atoms with van der Waals surface area (Å²) in [5, 5.41) is 12.2. The molecule has 0 aliphatic carbocycles. The Morgan fingerprint density at radius 3 is 2.69 bits per heavy atom. The molecule has 1 amide bonds. The molecule has 35 heavy (non-hydrogen) atoms. The van der Waals surface area contributed by atoms with E-state index < -0.39 is 0 Å². The number of aromatic nitrogens is 6. The summed E-state index contributed by atoms with van der Waals surface area (Å²) in [5.41, 5.74) is 6.17. The van der Waals surface area contributed by atoms with E-state index in [1.807, 2.05) is 52.5 Å². The minimum Gasteiger partial charge on any atom is -0.351 e. The second-order valence-electron chi connectivity index (χ2n) is 8.35. The summed E-state index contributed by atoms with van der Waals surface area (Å²) in [7, 11) is 0. The summed E-state index contributed by atoms with van der Waals surface area (Å²) in [4.78, 5) is 21.5. The number of pyridine rings is 1. The van der Waals surface area contributed by atoms with Gasteiger partial charge in [0.1, 0.15) is 18.0 Å². The van der Waals surface area contributed by atoms with Crippen molar-refractivity contribution in [2.24, 2.45) is 0 Å². The van der Waals surface area contributed by atoms with Gasteiger partial charge in [-0.05, 0) is 61.7 Å². The fraction of sp³-hybridized carbons (Fsp3) is 0.192. The molecule has 0 spiro atoms. The van der Waals surface area contributed by atoms with Crippen molar-refractivity contribution in [3.8, 4) is 11.5 Å². The van der Waals surface area contributed by atoms with Crippen LogP contribution in [0.4, 0.5) is 0 Å². The molecule has 176 valence electrons. The first-order valence-electron chi connectivity index (χ1n) is 11.3. The number of amides is 1. The van der Waals surface area contributed by atoms with E-state index in [4.69, 9.17) is 0 Å². The molecule has 0 aliphatic heterocycles. The van der Waals surface area contributed by atoms with Gasteiger partial charge < -0.3 is 5.32 Å². The Hall–Kier alpha value is -3.98. The van der Waals surface area contributed by atoms with Crippen molar-refractivity contribution in [2.45, 2.75) is 32.5 Å². The number of carbonyl (C=O) groups excluding carboxylic acids is 1. The third-order valence-electron chi connectivity index (χ3n) is 5.73. The number of nitrogens with zero attached hydrogens (tertiary/aromatic N) is 6. The van der Waals surface area contributed by atoms with Crippen molar-refractivity contribution in [2.75, 3.05) is 5.75 Å². The highest BCUT2D eigenvalue weighted by atomic mass is 32.2. The lowest BCUT2D eigenvalue weighted by molar-refractivity contribution is -0.118. The Morgan fingerprint density at radius 2 is 1.86 bits per heavy atom. The first-order chi connectivity index (χ1) is 17.0. The largest absolute Gasteiger partial charge is 0.351 e. The van der Waals surface area contributed by atoms with Crippen LogP contribution in [0, 0.1) is 20.8 Å². The zero-order valence-corrected chi connectivity index (χ0v) is 20.6. The molecule has 0 atom stereocenters. The van der Waals surface area contributed by atoms with Crippen LogP contribution in [0.3, 0.4) is 0 Å². The van der Waals surface area contributed by atoms with Crippen LogP contribution in [-0.4, -0.2) is 41.0 Å². The van der Waals surface area contributed by atoms with Crippen molar-refractivity contribution in [1.82, 2.24) is 34.6 Å². The lowest BCUT2D eigenvalue weighted by atomic mass is 10.1. The van der Waals surface area contributed by atoms with E-state index in [0.717, 1.165) is 45.1 Å². The highest BCUT2D eigenvalue weighted by molar-refractivity contribution is 7.99. The van der Waals surface area contributed by atoms with Gasteiger partial charge in [-0.1, -0.05) is 42.1 Å². The van der Waals surface area contributed by atoms with Crippen molar-refractivity contribution in [3.63, 3.8) is 0 Å². The van der Waals surface area contributed by atoms with Crippen LogP contribution in [-0.2, 0) is 11.3 Å². The molecule has 0 radical (unpaired) electrons. The highest BCUT2D eigenvalue weighted by Gasteiger charge is 2.15. The molecular formula is C26H25N7OS. The fourth-order valence-corrected chi connectivity index (χ4v) is 4.68. The Morgan fingerprint density at radius 1 is 1.00 bits per heavy atom. The fourth-order valence-electron chi connectivity index (χ4n) is 3.86. The molecule has 0 saturated carbocycles. The Labute approximate surface area is 207 Å². The minimum atomic E-state index is -0.0761. The Bertz CT molecular complexity index is 1500. The molecular weight excluding hydrogens is 458 g/mol. The van der Waals surface area contributed by atoms with Crippen LogP contribution in [0.1, 0.15) is 22.5 Å². The summed E-state index contributed by atoms with van der Waals surface area (Å²) in [6.45, 7) is 6.44. The Kier molecular flexibility index (Phi) is 6.33. The zero-order chi connectivity index (χ0) is 24.4. The first-order valence-corrected chi connectivity index (χ1v) is 12.2. The predicted molar refractivity (Wildman–Crippen MR) is 137 cm³/mol. The standard InChI is InChI=1S/C26H25N7OS/c1-17-8-9-18(2)23(12-17)33-19(3)30-31-26(33)35-15-25(34)28-14-20-10-11-24(27-13-20)32-16-29-21-6-4-5-7-22(21)32/h4-13,16H,14-15H2,1-3H3,(H,28,34). The third-order valence-corrected chi connectivity index (χ3v) is 6.66. The number of hydrogen-bond acceptors (Lipinski definition) is 6. The van der Waals surface area contributed by atoms with Crippen molar-refractivity contribution >= 4 is 28.7 Å². The van der Waals surface area contributed by atoms with Gasteiger partial charge in [-0.15, -0.1) is 10.2 Å². The SMILES string of the molecule is Cc1ccc(C)c(-n2c(C)nnc2SCC(=O)NCc2ccc(-n3cnc4ccccc43)nc2)c1. The van der Waals surface area contributed by atoms with E-state index in [1.165, 1.54) is 11.8 Å². The van der Waals surface area contributed by atoms with Crippen molar-refractivity contribution in [1.29, 1.82) is 0 Å². The van der Waals surface area contributed by atoms with E-state index in [9.17, 15) is 4.79 Å². The monoisotopic (exact) mass is 483 g/mol. The summed E-state index contributed by atoms with van der Waals surface area (Å²) in [6, 6.07) is 18.1. The van der Waals surface area contributed by atoms with E-state index >= 15 is 0 Å². The minimum absolute atomic E-state index is 0.0761. The van der Waals surface area contributed by atoms with Gasteiger partial charge >= 0.3 is 0 Å². The third kappa shape index (κ3) is 4.81. The predicted octanol–water partition coefficient (Wildman–Crippen LogP) is 4.33. The van der Waals surface area contributed by atoms with Gasteiger partial charge in [0.25, 0.3) is 0 Å². The number of imidazole rings is 1. The van der Waals surface area contributed by atoms with Crippen LogP contribution >= 0.6 is 11.8 Å². The molecule has 0 aliphatic rings. The lowest BCUT2D eigenvalue weighted by Crippen LogP contribution is -2.24. The average Bonchev–Trinajstić information content (AvgIpc) is 3.46. The second kappa shape index (κ2) is 9.71. The van der Waals surface area contributed by atoms with Gasteiger partial charge in [0.05, 0.1) is 22.5 Å². The van der Waals surface area contributed by atoms with Gasteiger partial charge in [0, 0.05) is 12.7 Å². The van der Waals surface area contributed by atoms with Gasteiger partial charge in [-0.3, -0.25) is 13.9 Å². The summed E-state index contributed by atoms with van der Waals surface area (Å²) in [5.74, 6) is 1.74. The average molecular weight is 484 g/mol. The number of aryl methyl sites for hydroxylation is 3. The van der Waals surface area contributed by atoms with Crippen LogP contribution in [0.2, 0.25) is 0 Å². The van der Waals surface area contributed by atoms with Crippen LogP contribution < -0.4 is 5.32 Å². The van der Waals surface area contributed by atoms with E-state index in [0.29, 0.717) is 11.7 Å². The molecule has 0 fully saturated rings. The van der Waals surface area contributed by atoms with E-state index in [2.05, 4.69) is 57.5 Å². The highest BCUT2D eigenvalue weighted by Crippen LogP contribution is 2.25. The van der Waals surface area contributed by atoms with Gasteiger partial charge in [-0.25, -0.2) is 9.97 Å². The van der Waals surface area contributed by atoms with E-state index in [-0.39, 0.29) is 11.7 Å². The van der Waals surface area contributed by atoms with Crippen LogP contribution in [0.15, 0.2) is 72.3 Å². The molecule has 5 rings (SSSR count). The summed E-state index contributed by atoms with van der Waals surface area (Å²) < 4.78 is 3.95. The molecule has 0 unspecified atom stereocenters. The number of para-hydroxylation sites is 2. The summed E-state index contributed by atoms with van der Waals surface area (Å²) >= 11 is 1.37. The number of hydrogen-bond donors (Lipinski definition) is 1. The number of carbonyl (C=O) groups is 1. The molecule has 1 N–H and O–H groups in total. The van der Waals surface area contributed by atoms with Crippen LogP contribution in [0.5, 0.6) is 0 Å². The quantitative estimate of drug-likeness (QED) is 0.347. The van der Waals surface area contributed by atoms with Crippen LogP contribution in [0.25, 0.3) is 22.5 Å².